The highest BCUT2D eigenvalue weighted by atomic mass is 32.1. The van der Waals surface area contributed by atoms with Gasteiger partial charge in [0.05, 0.1) is 13.2 Å². The number of carbonyl (C=O) groups is 2. The minimum Gasteiger partial charge on any atom is -0.367 e. The Morgan fingerprint density at radius 1 is 1.03 bits per heavy atom. The van der Waals surface area contributed by atoms with E-state index in [0.717, 1.165) is 11.1 Å². The summed E-state index contributed by atoms with van der Waals surface area (Å²) in [4.78, 5) is 28.1. The molecule has 0 unspecified atom stereocenters. The summed E-state index contributed by atoms with van der Waals surface area (Å²) in [5.41, 5.74) is 7.19. The number of carbonyl (C=O) groups excluding carboxylic acids is 2. The van der Waals surface area contributed by atoms with Crippen LogP contribution in [0.3, 0.4) is 0 Å². The Morgan fingerprint density at radius 3 is 2.45 bits per heavy atom. The first-order valence-corrected chi connectivity index (χ1v) is 10.4. The van der Waals surface area contributed by atoms with E-state index < -0.39 is 11.5 Å². The molecule has 0 aliphatic carbocycles. The number of benzene rings is 2. The average molecular weight is 407 g/mol. The second-order valence-electron chi connectivity index (χ2n) is 7.15. The molecule has 148 valence electrons. The molecule has 1 aliphatic rings. The number of primary amides is 1. The third-order valence-electron chi connectivity index (χ3n) is 5.19. The maximum atomic E-state index is 12.9. The third-order valence-corrected chi connectivity index (χ3v) is 6.11. The van der Waals surface area contributed by atoms with Crippen molar-refractivity contribution in [3.8, 4) is 10.4 Å². The Labute approximate surface area is 173 Å². The van der Waals surface area contributed by atoms with Gasteiger partial charge >= 0.3 is 0 Å². The van der Waals surface area contributed by atoms with Gasteiger partial charge in [-0.05, 0) is 34.7 Å². The van der Waals surface area contributed by atoms with E-state index in [9.17, 15) is 9.59 Å². The van der Waals surface area contributed by atoms with Crippen LogP contribution in [0.1, 0.15) is 15.9 Å². The molecule has 3 aromatic rings. The van der Waals surface area contributed by atoms with Gasteiger partial charge in [-0.2, -0.15) is 0 Å². The predicted octanol–water partition coefficient (Wildman–Crippen LogP) is 3.35. The number of rotatable bonds is 5. The van der Waals surface area contributed by atoms with Crippen molar-refractivity contribution in [3.63, 3.8) is 0 Å². The fourth-order valence-electron chi connectivity index (χ4n) is 3.62. The lowest BCUT2D eigenvalue weighted by atomic mass is 9.91. The summed E-state index contributed by atoms with van der Waals surface area (Å²) < 4.78 is 5.88. The van der Waals surface area contributed by atoms with Crippen molar-refractivity contribution in [2.45, 2.75) is 12.0 Å². The molecular formula is C23H22N2O3S. The van der Waals surface area contributed by atoms with Crippen LogP contribution < -0.4 is 5.73 Å². The zero-order valence-electron chi connectivity index (χ0n) is 15.9. The van der Waals surface area contributed by atoms with Crippen molar-refractivity contribution < 1.29 is 14.3 Å². The number of nitrogens with zero attached hydrogens (tertiary/aromatic N) is 1. The number of hydrogen-bond donors (Lipinski definition) is 1. The molecule has 2 aromatic carbocycles. The summed E-state index contributed by atoms with van der Waals surface area (Å²) in [5, 5.41) is 2.04. The molecular weight excluding hydrogens is 384 g/mol. The lowest BCUT2D eigenvalue weighted by Gasteiger charge is -2.40. The van der Waals surface area contributed by atoms with E-state index >= 15 is 0 Å². The van der Waals surface area contributed by atoms with Gasteiger partial charge in [0.1, 0.15) is 0 Å². The molecule has 0 saturated carbocycles. The monoisotopic (exact) mass is 406 g/mol. The van der Waals surface area contributed by atoms with Crippen LogP contribution in [-0.2, 0) is 16.0 Å². The molecule has 1 aromatic heterocycles. The van der Waals surface area contributed by atoms with Gasteiger partial charge in [0.25, 0.3) is 11.8 Å². The smallest absolute Gasteiger partial charge is 0.254 e. The van der Waals surface area contributed by atoms with Crippen molar-refractivity contribution in [1.29, 1.82) is 0 Å². The van der Waals surface area contributed by atoms with Crippen molar-refractivity contribution in [1.82, 2.24) is 4.90 Å². The van der Waals surface area contributed by atoms with E-state index in [4.69, 9.17) is 10.5 Å². The summed E-state index contributed by atoms with van der Waals surface area (Å²) in [7, 11) is 0. The molecule has 0 bridgehead atoms. The topological polar surface area (TPSA) is 72.6 Å². The van der Waals surface area contributed by atoms with Crippen molar-refractivity contribution in [2.24, 2.45) is 5.73 Å². The normalized spacial score (nSPS) is 19.1. The summed E-state index contributed by atoms with van der Waals surface area (Å²) in [6, 6.07) is 21.2. The molecule has 0 radical (unpaired) electrons. The van der Waals surface area contributed by atoms with Crippen molar-refractivity contribution in [3.05, 3.63) is 83.2 Å². The van der Waals surface area contributed by atoms with E-state index in [1.807, 2.05) is 53.9 Å². The maximum absolute atomic E-state index is 12.9. The fourth-order valence-corrected chi connectivity index (χ4v) is 4.36. The maximum Gasteiger partial charge on any atom is 0.254 e. The highest BCUT2D eigenvalue weighted by Gasteiger charge is 2.43. The van der Waals surface area contributed by atoms with Crippen LogP contribution in [0.15, 0.2) is 72.1 Å². The van der Waals surface area contributed by atoms with E-state index in [1.165, 1.54) is 4.88 Å². The lowest BCUT2D eigenvalue weighted by Crippen LogP contribution is -2.61. The van der Waals surface area contributed by atoms with Crippen LogP contribution in [0.5, 0.6) is 0 Å². The Kier molecular flexibility index (Phi) is 5.47. The summed E-state index contributed by atoms with van der Waals surface area (Å²) >= 11 is 1.68. The van der Waals surface area contributed by atoms with Gasteiger partial charge in [0.15, 0.2) is 5.60 Å². The summed E-state index contributed by atoms with van der Waals surface area (Å²) in [6.45, 7) is 0.845. The van der Waals surface area contributed by atoms with Gasteiger partial charge in [0, 0.05) is 23.4 Å². The molecule has 5 nitrogen and oxygen atoms in total. The molecule has 1 atom stereocenters. The van der Waals surface area contributed by atoms with Crippen molar-refractivity contribution >= 4 is 23.2 Å². The number of nitrogens with two attached hydrogens (primary N) is 1. The van der Waals surface area contributed by atoms with Gasteiger partial charge < -0.3 is 15.4 Å². The number of ether oxygens (including phenoxy) is 1. The molecule has 1 fully saturated rings. The zero-order valence-corrected chi connectivity index (χ0v) is 16.7. The summed E-state index contributed by atoms with van der Waals surface area (Å²) in [6.07, 6.45) is 0.325. The molecule has 4 rings (SSSR count). The largest absolute Gasteiger partial charge is 0.367 e. The highest BCUT2D eigenvalue weighted by molar-refractivity contribution is 7.13. The van der Waals surface area contributed by atoms with E-state index in [2.05, 4.69) is 6.07 Å². The predicted molar refractivity (Wildman–Crippen MR) is 114 cm³/mol. The van der Waals surface area contributed by atoms with Gasteiger partial charge in [-0.3, -0.25) is 9.59 Å². The number of amides is 2. The van der Waals surface area contributed by atoms with Crippen LogP contribution in [0.25, 0.3) is 10.4 Å². The molecule has 29 heavy (non-hydrogen) atoms. The SMILES string of the molecule is NC(=O)[C@@]1(Cc2ccc(-c3cccs3)cc2)CN(C(=O)c2ccccc2)CCO1. The van der Waals surface area contributed by atoms with Crippen molar-refractivity contribution in [2.75, 3.05) is 19.7 Å². The molecule has 2 amide bonds. The second kappa shape index (κ2) is 8.19. The van der Waals surface area contributed by atoms with Crippen LogP contribution in [0.4, 0.5) is 0 Å². The lowest BCUT2D eigenvalue weighted by molar-refractivity contribution is -0.153. The molecule has 1 aliphatic heterocycles. The van der Waals surface area contributed by atoms with Gasteiger partial charge in [-0.15, -0.1) is 11.3 Å². The molecule has 2 N–H and O–H groups in total. The number of morpholine rings is 1. The quantitative estimate of drug-likeness (QED) is 0.706. The first-order chi connectivity index (χ1) is 14.1. The van der Waals surface area contributed by atoms with E-state index in [-0.39, 0.29) is 19.1 Å². The van der Waals surface area contributed by atoms with Crippen LogP contribution >= 0.6 is 11.3 Å². The first-order valence-electron chi connectivity index (χ1n) is 9.48. The Morgan fingerprint density at radius 2 is 1.79 bits per heavy atom. The van der Waals surface area contributed by atoms with E-state index in [0.29, 0.717) is 18.5 Å². The minimum atomic E-state index is -1.23. The minimum absolute atomic E-state index is 0.118. The Balaban J connectivity index is 1.54. The van der Waals surface area contributed by atoms with Crippen LogP contribution in [0.2, 0.25) is 0 Å². The van der Waals surface area contributed by atoms with E-state index in [1.54, 1.807) is 28.4 Å². The number of thiophene rings is 1. The Bertz CT molecular complexity index is 987. The highest BCUT2D eigenvalue weighted by Crippen LogP contribution is 2.28. The fraction of sp³-hybridized carbons (Fsp3) is 0.217. The van der Waals surface area contributed by atoms with Crippen LogP contribution in [0, 0.1) is 0 Å². The zero-order chi connectivity index (χ0) is 20.3. The molecule has 0 spiro atoms. The molecule has 6 heteroatoms. The summed E-state index contributed by atoms with van der Waals surface area (Å²) in [5.74, 6) is -0.669. The van der Waals surface area contributed by atoms with Gasteiger partial charge in [0.2, 0.25) is 0 Å². The molecule has 1 saturated heterocycles. The van der Waals surface area contributed by atoms with Gasteiger partial charge in [-0.1, -0.05) is 48.5 Å². The van der Waals surface area contributed by atoms with Crippen LogP contribution in [-0.4, -0.2) is 42.0 Å². The first kappa shape index (κ1) is 19.4. The average Bonchev–Trinajstić information content (AvgIpc) is 3.29. The Hall–Kier alpha value is -2.96. The second-order valence-corrected chi connectivity index (χ2v) is 8.10. The standard InChI is InChI=1S/C23H22N2O3S/c24-22(27)23(15-17-8-10-18(11-9-17)20-7-4-14-29-20)16-25(12-13-28-23)21(26)19-5-2-1-3-6-19/h1-11,14H,12-13,15-16H2,(H2,24,27)/t23-/m1/s1. The van der Waals surface area contributed by atoms with Gasteiger partial charge in [-0.25, -0.2) is 0 Å². The molecule has 2 heterocycles. The number of hydrogen-bond acceptors (Lipinski definition) is 4. The third kappa shape index (κ3) is 4.09.